The first-order valence-corrected chi connectivity index (χ1v) is 16.2. The van der Waals surface area contributed by atoms with Gasteiger partial charge in [0.2, 0.25) is 0 Å². The largest absolute Gasteiger partial charge is 0.481 e. The van der Waals surface area contributed by atoms with Crippen LogP contribution in [-0.2, 0) is 28.5 Å². The molecule has 3 unspecified atom stereocenters. The van der Waals surface area contributed by atoms with Crippen molar-refractivity contribution in [1.82, 2.24) is 0 Å². The number of carboxylic acid groups (broad SMARTS) is 1. The zero-order valence-electron chi connectivity index (χ0n) is 23.1. The van der Waals surface area contributed by atoms with Gasteiger partial charge in [0.1, 0.15) is 0 Å². The van der Waals surface area contributed by atoms with Gasteiger partial charge < -0.3 is 28.8 Å². The maximum Gasteiger partial charge on any atom is 0.303 e. The van der Waals surface area contributed by atoms with E-state index in [-0.39, 0.29) is 54.2 Å². The van der Waals surface area contributed by atoms with E-state index in [9.17, 15) is 4.79 Å². The van der Waals surface area contributed by atoms with Crippen LogP contribution in [0, 0.1) is 11.8 Å². The number of fused-ring (bicyclic) bond motifs is 1. The van der Waals surface area contributed by atoms with Gasteiger partial charge in [0, 0.05) is 36.8 Å². The number of rotatable bonds is 15. The van der Waals surface area contributed by atoms with Gasteiger partial charge in [0.15, 0.2) is 12.6 Å². The van der Waals surface area contributed by atoms with Gasteiger partial charge in [-0.15, -0.1) is 0 Å². The molecule has 0 radical (unpaired) electrons. The van der Waals surface area contributed by atoms with Crippen molar-refractivity contribution in [2.45, 2.75) is 145 Å². The van der Waals surface area contributed by atoms with Crippen molar-refractivity contribution in [3.05, 3.63) is 12.2 Å². The minimum Gasteiger partial charge on any atom is -0.481 e. The number of hydrogen-bond acceptors (Lipinski definition) is 6. The van der Waals surface area contributed by atoms with Gasteiger partial charge in [0.25, 0.3) is 0 Å². The molecule has 1 saturated carbocycles. The van der Waals surface area contributed by atoms with E-state index in [0.29, 0.717) is 12.3 Å². The molecule has 0 aromatic carbocycles. The lowest BCUT2D eigenvalue weighted by atomic mass is 9.88. The van der Waals surface area contributed by atoms with E-state index >= 15 is 0 Å². The number of alkyl halides is 1. The molecular weight excluding hydrogens is 552 g/mol. The molecule has 3 heterocycles. The van der Waals surface area contributed by atoms with Crippen molar-refractivity contribution in [2.24, 2.45) is 11.8 Å². The van der Waals surface area contributed by atoms with E-state index in [2.05, 4.69) is 35.0 Å². The molecule has 9 atom stereocenters. The Bertz CT molecular complexity index is 721. The first-order chi connectivity index (χ1) is 18.5. The van der Waals surface area contributed by atoms with Gasteiger partial charge in [-0.3, -0.25) is 4.79 Å². The lowest BCUT2D eigenvalue weighted by Gasteiger charge is -2.30. The standard InChI is InChI=1S/C30H49BrO7/c1-2-3-4-10-21(36-29-13-5-7-17-34-29)15-16-22-23-19-27(24(31)11-9-12-28(32)33)37-26(23)20-25(22)38-30-14-6-8-18-35-30/h15-16,21-27,29-30H,2-14,17-20H2,1H3,(H,32,33)/b16-15+/t21-,22+,23+,24-,25+,26-,27?,29?,30?/m0/s1. The summed E-state index contributed by atoms with van der Waals surface area (Å²) in [6.07, 6.45) is 19.4. The number of carboxylic acids is 1. The fourth-order valence-corrected chi connectivity index (χ4v) is 7.13. The average Bonchev–Trinajstić information content (AvgIpc) is 3.46. The summed E-state index contributed by atoms with van der Waals surface area (Å²) in [6, 6.07) is 0. The Hall–Kier alpha value is -0.510. The molecule has 0 amide bonds. The molecule has 7 nitrogen and oxygen atoms in total. The van der Waals surface area contributed by atoms with Crippen LogP contribution in [0.1, 0.15) is 103 Å². The number of unbranched alkanes of at least 4 members (excludes halogenated alkanes) is 2. The van der Waals surface area contributed by atoms with Crippen LogP contribution in [0.15, 0.2) is 12.2 Å². The van der Waals surface area contributed by atoms with Crippen LogP contribution in [0.4, 0.5) is 0 Å². The molecule has 1 N–H and O–H groups in total. The highest BCUT2D eigenvalue weighted by atomic mass is 79.9. The lowest BCUT2D eigenvalue weighted by Crippen LogP contribution is -2.32. The molecule has 38 heavy (non-hydrogen) atoms. The highest BCUT2D eigenvalue weighted by Crippen LogP contribution is 2.47. The van der Waals surface area contributed by atoms with E-state index in [1.807, 2.05) is 0 Å². The third-order valence-electron chi connectivity index (χ3n) is 8.56. The second-order valence-electron chi connectivity index (χ2n) is 11.5. The van der Waals surface area contributed by atoms with E-state index in [4.69, 9.17) is 28.8 Å². The second kappa shape index (κ2) is 16.1. The molecule has 3 saturated heterocycles. The second-order valence-corrected chi connectivity index (χ2v) is 12.7. The van der Waals surface area contributed by atoms with Gasteiger partial charge in [-0.25, -0.2) is 0 Å². The van der Waals surface area contributed by atoms with Gasteiger partial charge in [0.05, 0.1) is 24.4 Å². The van der Waals surface area contributed by atoms with Gasteiger partial charge in [-0.05, 0) is 70.1 Å². The first-order valence-electron chi connectivity index (χ1n) is 15.3. The van der Waals surface area contributed by atoms with Crippen LogP contribution in [0.25, 0.3) is 0 Å². The quantitative estimate of drug-likeness (QED) is 0.126. The average molecular weight is 602 g/mol. The number of hydrogen-bond donors (Lipinski definition) is 1. The Morgan fingerprint density at radius 3 is 2.47 bits per heavy atom. The third-order valence-corrected chi connectivity index (χ3v) is 9.61. The molecule has 4 rings (SSSR count). The smallest absolute Gasteiger partial charge is 0.303 e. The predicted molar refractivity (Wildman–Crippen MR) is 149 cm³/mol. The molecule has 0 aromatic heterocycles. The van der Waals surface area contributed by atoms with E-state index in [1.165, 1.54) is 19.3 Å². The van der Waals surface area contributed by atoms with E-state index in [0.717, 1.165) is 77.4 Å². The molecule has 4 fully saturated rings. The first kappa shape index (κ1) is 30.4. The minimum atomic E-state index is -0.738. The minimum absolute atomic E-state index is 0.0494. The topological polar surface area (TPSA) is 83.5 Å². The monoisotopic (exact) mass is 600 g/mol. The lowest BCUT2D eigenvalue weighted by molar-refractivity contribution is -0.194. The molecule has 1 aliphatic carbocycles. The summed E-state index contributed by atoms with van der Waals surface area (Å²) in [5.74, 6) is -0.108. The number of aliphatic carboxylic acids is 1. The normalized spacial score (nSPS) is 35.4. The molecule has 218 valence electrons. The fourth-order valence-electron chi connectivity index (χ4n) is 6.46. The van der Waals surface area contributed by atoms with Crippen molar-refractivity contribution < 1.29 is 33.6 Å². The van der Waals surface area contributed by atoms with Crippen molar-refractivity contribution >= 4 is 21.9 Å². The van der Waals surface area contributed by atoms with Gasteiger partial charge >= 0.3 is 5.97 Å². The maximum absolute atomic E-state index is 10.9. The highest BCUT2D eigenvalue weighted by molar-refractivity contribution is 9.09. The summed E-state index contributed by atoms with van der Waals surface area (Å²) in [5.41, 5.74) is 0. The number of halogens is 1. The molecule has 8 heteroatoms. The van der Waals surface area contributed by atoms with Crippen LogP contribution in [0.3, 0.4) is 0 Å². The molecule has 4 aliphatic rings. The molecular formula is C30H49BrO7. The summed E-state index contributed by atoms with van der Waals surface area (Å²) in [6.45, 7) is 3.80. The Labute approximate surface area is 237 Å². The van der Waals surface area contributed by atoms with E-state index in [1.54, 1.807) is 0 Å². The summed E-state index contributed by atoms with van der Waals surface area (Å²) in [5, 5.41) is 9.00. The van der Waals surface area contributed by atoms with Crippen LogP contribution in [0.5, 0.6) is 0 Å². The number of carbonyl (C=O) groups is 1. The molecule has 3 aliphatic heterocycles. The zero-order chi connectivity index (χ0) is 26.7. The predicted octanol–water partition coefficient (Wildman–Crippen LogP) is 6.76. The van der Waals surface area contributed by atoms with Gasteiger partial charge in [-0.1, -0.05) is 54.3 Å². The third kappa shape index (κ3) is 9.27. The van der Waals surface area contributed by atoms with Gasteiger partial charge in [-0.2, -0.15) is 0 Å². The molecule has 0 spiro atoms. The fraction of sp³-hybridized carbons (Fsp3) is 0.900. The summed E-state index contributed by atoms with van der Waals surface area (Å²) in [7, 11) is 0. The summed E-state index contributed by atoms with van der Waals surface area (Å²) >= 11 is 3.81. The van der Waals surface area contributed by atoms with Crippen LogP contribution >= 0.6 is 15.9 Å². The van der Waals surface area contributed by atoms with Crippen molar-refractivity contribution in [3.8, 4) is 0 Å². The Morgan fingerprint density at radius 2 is 1.79 bits per heavy atom. The van der Waals surface area contributed by atoms with E-state index < -0.39 is 5.97 Å². The van der Waals surface area contributed by atoms with Crippen molar-refractivity contribution in [1.29, 1.82) is 0 Å². The Kier molecular flexibility index (Phi) is 12.9. The molecule has 0 aromatic rings. The summed E-state index contributed by atoms with van der Waals surface area (Å²) < 4.78 is 31.4. The van der Waals surface area contributed by atoms with Crippen LogP contribution in [-0.4, -0.2) is 66.1 Å². The highest BCUT2D eigenvalue weighted by Gasteiger charge is 2.50. The zero-order valence-corrected chi connectivity index (χ0v) is 24.7. The Balaban J connectivity index is 1.41. The number of ether oxygens (including phenoxy) is 5. The molecule has 0 bridgehead atoms. The van der Waals surface area contributed by atoms with Crippen LogP contribution < -0.4 is 0 Å². The SMILES string of the molecule is CCCCC[C@@H](/C=C/[C@@H]1[C@H]2CC([C@@H](Br)CCCC(=O)O)O[C@H]2C[C@H]1OC1CCCCO1)OC1CCCCO1. The van der Waals surface area contributed by atoms with Crippen molar-refractivity contribution in [2.75, 3.05) is 13.2 Å². The van der Waals surface area contributed by atoms with Crippen molar-refractivity contribution in [3.63, 3.8) is 0 Å². The van der Waals surface area contributed by atoms with Crippen LogP contribution in [0.2, 0.25) is 0 Å². The maximum atomic E-state index is 10.9. The Morgan fingerprint density at radius 1 is 1.03 bits per heavy atom. The summed E-state index contributed by atoms with van der Waals surface area (Å²) in [4.78, 5) is 11.1.